The van der Waals surface area contributed by atoms with E-state index in [-0.39, 0.29) is 11.7 Å². The molecule has 5 rings (SSSR count). The molecule has 2 heterocycles. The lowest BCUT2D eigenvalue weighted by Crippen LogP contribution is -2.34. The molecule has 2 aliphatic rings. The van der Waals surface area contributed by atoms with Crippen molar-refractivity contribution in [3.63, 3.8) is 0 Å². The highest BCUT2D eigenvalue weighted by molar-refractivity contribution is 5.94. The Morgan fingerprint density at radius 2 is 2.03 bits per heavy atom. The predicted octanol–water partition coefficient (Wildman–Crippen LogP) is 4.84. The van der Waals surface area contributed by atoms with Crippen molar-refractivity contribution in [2.75, 3.05) is 26.7 Å². The summed E-state index contributed by atoms with van der Waals surface area (Å²) in [6.07, 6.45) is 4.18. The van der Waals surface area contributed by atoms with Crippen molar-refractivity contribution in [1.82, 2.24) is 19.6 Å². The Bertz CT molecular complexity index is 1200. The fraction of sp³-hybridized carbons (Fsp3) is 0.429. The standard InChI is InChI=1S/C28H33FN4O2/c1-3-14-31-15-13-26-23(18-31)25(30-33(26)27-10-5-4-9-24(27)29)19-32(17-20-11-12-20)28(34)21-7-6-8-22(16-21)35-2/h4-10,16,20H,3,11-15,17-19H2,1-2H3. The van der Waals surface area contributed by atoms with Gasteiger partial charge < -0.3 is 9.64 Å². The zero-order chi connectivity index (χ0) is 24.4. The van der Waals surface area contributed by atoms with Crippen molar-refractivity contribution >= 4 is 5.91 Å². The molecule has 0 atom stereocenters. The molecule has 0 unspecified atom stereocenters. The summed E-state index contributed by atoms with van der Waals surface area (Å²) in [6.45, 7) is 6.01. The number of rotatable bonds is 9. The third-order valence-electron chi connectivity index (χ3n) is 6.96. The van der Waals surface area contributed by atoms with Gasteiger partial charge in [-0.1, -0.05) is 25.1 Å². The Hall–Kier alpha value is -3.19. The number of hydrogen-bond acceptors (Lipinski definition) is 4. The lowest BCUT2D eigenvalue weighted by Gasteiger charge is -2.28. The summed E-state index contributed by atoms with van der Waals surface area (Å²) in [7, 11) is 1.61. The van der Waals surface area contributed by atoms with Crippen molar-refractivity contribution in [3.05, 3.63) is 76.9 Å². The van der Waals surface area contributed by atoms with E-state index in [2.05, 4.69) is 11.8 Å². The normalized spacial score (nSPS) is 15.6. The number of amides is 1. The predicted molar refractivity (Wildman–Crippen MR) is 133 cm³/mol. The summed E-state index contributed by atoms with van der Waals surface area (Å²) in [5, 5.41) is 4.93. The van der Waals surface area contributed by atoms with E-state index in [1.807, 2.05) is 29.2 Å². The summed E-state index contributed by atoms with van der Waals surface area (Å²) in [4.78, 5) is 18.0. The van der Waals surface area contributed by atoms with Gasteiger partial charge in [0.05, 0.1) is 25.0 Å². The van der Waals surface area contributed by atoms with E-state index in [1.165, 1.54) is 6.07 Å². The first kappa shape index (κ1) is 23.5. The van der Waals surface area contributed by atoms with Crippen LogP contribution in [0, 0.1) is 11.7 Å². The highest BCUT2D eigenvalue weighted by Gasteiger charge is 2.31. The summed E-state index contributed by atoms with van der Waals surface area (Å²) in [6, 6.07) is 14.1. The van der Waals surface area contributed by atoms with Crippen LogP contribution in [0.1, 0.15) is 53.5 Å². The number of methoxy groups -OCH3 is 1. The largest absolute Gasteiger partial charge is 0.497 e. The molecular weight excluding hydrogens is 443 g/mol. The van der Waals surface area contributed by atoms with Crippen molar-refractivity contribution in [3.8, 4) is 11.4 Å². The van der Waals surface area contributed by atoms with E-state index in [4.69, 9.17) is 9.84 Å². The van der Waals surface area contributed by atoms with Crippen LogP contribution < -0.4 is 4.74 Å². The molecule has 3 aromatic rings. The van der Waals surface area contributed by atoms with E-state index in [1.54, 1.807) is 30.0 Å². The highest BCUT2D eigenvalue weighted by Crippen LogP contribution is 2.32. The van der Waals surface area contributed by atoms with Gasteiger partial charge >= 0.3 is 0 Å². The third-order valence-corrected chi connectivity index (χ3v) is 6.96. The van der Waals surface area contributed by atoms with Gasteiger partial charge in [-0.05, 0) is 62.1 Å². The zero-order valence-corrected chi connectivity index (χ0v) is 20.5. The topological polar surface area (TPSA) is 50.6 Å². The molecule has 35 heavy (non-hydrogen) atoms. The SMILES string of the molecule is CCCN1CCc2c(c(CN(CC3CC3)C(=O)c3cccc(OC)c3)nn2-c2ccccc2F)C1. The van der Waals surface area contributed by atoms with Crippen LogP contribution in [0.2, 0.25) is 0 Å². The number of para-hydroxylation sites is 1. The number of nitrogens with zero attached hydrogens (tertiary/aromatic N) is 4. The molecule has 1 aliphatic carbocycles. The number of benzene rings is 2. The molecule has 0 spiro atoms. The van der Waals surface area contributed by atoms with Crippen LogP contribution in [0.25, 0.3) is 5.69 Å². The van der Waals surface area contributed by atoms with Crippen LogP contribution in [-0.4, -0.2) is 52.2 Å². The Morgan fingerprint density at radius 1 is 1.20 bits per heavy atom. The van der Waals surface area contributed by atoms with Crippen LogP contribution in [0.15, 0.2) is 48.5 Å². The number of ether oxygens (including phenoxy) is 1. The molecular formula is C28H33FN4O2. The Kier molecular flexibility index (Phi) is 6.86. The van der Waals surface area contributed by atoms with Crippen LogP contribution in [-0.2, 0) is 19.5 Å². The number of hydrogen-bond donors (Lipinski definition) is 0. The third kappa shape index (κ3) is 5.10. The number of fused-ring (bicyclic) bond motifs is 1. The molecule has 2 aromatic carbocycles. The van der Waals surface area contributed by atoms with Crippen LogP contribution in [0.4, 0.5) is 4.39 Å². The monoisotopic (exact) mass is 476 g/mol. The first-order chi connectivity index (χ1) is 17.1. The molecule has 184 valence electrons. The van der Waals surface area contributed by atoms with Crippen molar-refractivity contribution in [2.24, 2.45) is 5.92 Å². The lowest BCUT2D eigenvalue weighted by atomic mass is 10.0. The van der Waals surface area contributed by atoms with Gasteiger partial charge in [-0.2, -0.15) is 5.10 Å². The van der Waals surface area contributed by atoms with Gasteiger partial charge in [-0.25, -0.2) is 9.07 Å². The maximum atomic E-state index is 14.8. The zero-order valence-electron chi connectivity index (χ0n) is 20.5. The molecule has 1 amide bonds. The minimum absolute atomic E-state index is 0.0220. The number of carbonyl (C=O) groups excluding carboxylic acids is 1. The minimum atomic E-state index is -0.289. The molecule has 7 heteroatoms. The minimum Gasteiger partial charge on any atom is -0.497 e. The average molecular weight is 477 g/mol. The van der Waals surface area contributed by atoms with Crippen molar-refractivity contribution in [2.45, 2.75) is 45.7 Å². The summed E-state index contributed by atoms with van der Waals surface area (Å²) in [5.41, 5.74) is 4.12. The fourth-order valence-corrected chi connectivity index (χ4v) is 4.95. The maximum absolute atomic E-state index is 14.8. The van der Waals surface area contributed by atoms with Gasteiger partial charge in [0, 0.05) is 37.2 Å². The Balaban J connectivity index is 1.51. The Morgan fingerprint density at radius 3 is 2.77 bits per heavy atom. The molecule has 0 bridgehead atoms. The highest BCUT2D eigenvalue weighted by atomic mass is 19.1. The van der Waals surface area contributed by atoms with Gasteiger partial charge in [-0.3, -0.25) is 9.69 Å². The second-order valence-electron chi connectivity index (χ2n) is 9.62. The van der Waals surface area contributed by atoms with Gasteiger partial charge in [0.2, 0.25) is 0 Å². The molecule has 1 aromatic heterocycles. The number of carbonyl (C=O) groups is 1. The van der Waals surface area contributed by atoms with E-state index < -0.39 is 0 Å². The summed E-state index contributed by atoms with van der Waals surface area (Å²) < 4.78 is 21.9. The number of halogens is 1. The number of aromatic nitrogens is 2. The first-order valence-corrected chi connectivity index (χ1v) is 12.6. The van der Waals surface area contributed by atoms with Crippen molar-refractivity contribution in [1.29, 1.82) is 0 Å². The molecule has 1 saturated carbocycles. The van der Waals surface area contributed by atoms with Crippen LogP contribution in [0.3, 0.4) is 0 Å². The summed E-state index contributed by atoms with van der Waals surface area (Å²) in [5.74, 6) is 0.887. The van der Waals surface area contributed by atoms with Gasteiger partial charge in [0.1, 0.15) is 17.3 Å². The molecule has 0 N–H and O–H groups in total. The van der Waals surface area contributed by atoms with Gasteiger partial charge in [0.15, 0.2) is 0 Å². The molecule has 0 radical (unpaired) electrons. The smallest absolute Gasteiger partial charge is 0.254 e. The van der Waals surface area contributed by atoms with E-state index in [0.29, 0.717) is 36.0 Å². The van der Waals surface area contributed by atoms with E-state index in [9.17, 15) is 9.18 Å². The quantitative estimate of drug-likeness (QED) is 0.444. The van der Waals surface area contributed by atoms with Gasteiger partial charge in [-0.15, -0.1) is 0 Å². The maximum Gasteiger partial charge on any atom is 0.254 e. The average Bonchev–Trinajstić information content (AvgIpc) is 3.64. The van der Waals surface area contributed by atoms with Crippen molar-refractivity contribution < 1.29 is 13.9 Å². The second-order valence-corrected chi connectivity index (χ2v) is 9.62. The molecule has 1 fully saturated rings. The second kappa shape index (κ2) is 10.2. The molecule has 1 aliphatic heterocycles. The fourth-order valence-electron chi connectivity index (χ4n) is 4.95. The lowest BCUT2D eigenvalue weighted by molar-refractivity contribution is 0.0731. The van der Waals surface area contributed by atoms with E-state index >= 15 is 0 Å². The Labute approximate surface area is 206 Å². The van der Waals surface area contributed by atoms with Crippen LogP contribution in [0.5, 0.6) is 5.75 Å². The first-order valence-electron chi connectivity index (χ1n) is 12.6. The summed E-state index contributed by atoms with van der Waals surface area (Å²) >= 11 is 0. The molecule has 0 saturated heterocycles. The van der Waals surface area contributed by atoms with Crippen LogP contribution >= 0.6 is 0 Å². The molecule has 6 nitrogen and oxygen atoms in total. The van der Waals surface area contributed by atoms with Gasteiger partial charge in [0.25, 0.3) is 5.91 Å². The van der Waals surface area contributed by atoms with E-state index in [0.717, 1.165) is 62.3 Å².